The predicted molar refractivity (Wildman–Crippen MR) is 105 cm³/mol. The van der Waals surface area contributed by atoms with Crippen LogP contribution in [0.5, 0.6) is 0 Å². The van der Waals surface area contributed by atoms with Crippen LogP contribution in [0.3, 0.4) is 0 Å². The molecule has 0 spiro atoms. The smallest absolute Gasteiger partial charge is 0.315 e. The van der Waals surface area contributed by atoms with E-state index in [2.05, 4.69) is 46.9 Å². The van der Waals surface area contributed by atoms with E-state index in [-0.39, 0.29) is 6.03 Å². The molecule has 1 heterocycles. The normalized spacial score (nSPS) is 20.5. The van der Waals surface area contributed by atoms with Gasteiger partial charge in [-0.3, -0.25) is 4.68 Å². The Morgan fingerprint density at radius 1 is 1.23 bits per heavy atom. The second-order valence-electron chi connectivity index (χ2n) is 7.72. The van der Waals surface area contributed by atoms with Crippen LogP contribution in [0.15, 0.2) is 24.3 Å². The van der Waals surface area contributed by atoms with E-state index < -0.39 is 0 Å². The van der Waals surface area contributed by atoms with Gasteiger partial charge in [0, 0.05) is 38.0 Å². The molecule has 6 nitrogen and oxygen atoms in total. The van der Waals surface area contributed by atoms with Crippen molar-refractivity contribution in [2.45, 2.75) is 38.1 Å². The van der Waals surface area contributed by atoms with Crippen LogP contribution in [0.4, 0.5) is 4.79 Å². The first-order valence-corrected chi connectivity index (χ1v) is 9.62. The summed E-state index contributed by atoms with van der Waals surface area (Å²) in [6, 6.07) is 8.46. The molecule has 1 aliphatic rings. The molecule has 6 heteroatoms. The number of carbonyl (C=O) groups is 1. The predicted octanol–water partition coefficient (Wildman–Crippen LogP) is 2.54. The maximum absolute atomic E-state index is 12.2. The highest BCUT2D eigenvalue weighted by molar-refractivity contribution is 5.82. The number of benzene rings is 1. The van der Waals surface area contributed by atoms with Crippen molar-refractivity contribution >= 4 is 16.9 Å². The lowest BCUT2D eigenvalue weighted by molar-refractivity contribution is 0.216. The van der Waals surface area contributed by atoms with Gasteiger partial charge in [-0.15, -0.1) is 0 Å². The second-order valence-corrected chi connectivity index (χ2v) is 7.72. The van der Waals surface area contributed by atoms with Gasteiger partial charge in [0.05, 0.1) is 11.2 Å². The van der Waals surface area contributed by atoms with Crippen molar-refractivity contribution in [3.63, 3.8) is 0 Å². The van der Waals surface area contributed by atoms with Gasteiger partial charge in [-0.25, -0.2) is 4.79 Å². The van der Waals surface area contributed by atoms with Crippen molar-refractivity contribution in [3.05, 3.63) is 30.0 Å². The van der Waals surface area contributed by atoms with E-state index in [4.69, 9.17) is 0 Å². The third-order valence-corrected chi connectivity index (χ3v) is 5.29. The number of amides is 2. The van der Waals surface area contributed by atoms with Crippen molar-refractivity contribution in [3.8, 4) is 0 Å². The fraction of sp³-hybridized carbons (Fsp3) is 0.600. The highest BCUT2D eigenvalue weighted by Crippen LogP contribution is 2.24. The number of carbonyl (C=O) groups excluding carboxylic acids is 1. The van der Waals surface area contributed by atoms with Crippen LogP contribution in [0.25, 0.3) is 10.9 Å². The van der Waals surface area contributed by atoms with Gasteiger partial charge >= 0.3 is 6.03 Å². The van der Waals surface area contributed by atoms with Gasteiger partial charge in [-0.05, 0) is 51.8 Å². The molecular weight excluding hydrogens is 326 g/mol. The van der Waals surface area contributed by atoms with E-state index in [9.17, 15) is 4.79 Å². The van der Waals surface area contributed by atoms with Crippen LogP contribution in [0.2, 0.25) is 0 Å². The number of urea groups is 1. The quantitative estimate of drug-likeness (QED) is 0.835. The number of aryl methyl sites for hydroxylation is 1. The van der Waals surface area contributed by atoms with Crippen LogP contribution < -0.4 is 10.6 Å². The standard InChI is InChI=1S/C20H31N5O/c1-24(2)14-15-8-10-16(11-9-15)22-20(26)21-13-12-18-17-6-4-5-7-19(17)25(3)23-18/h4-7,15-16H,8-14H2,1-3H3,(H2,21,22,26). The SMILES string of the molecule is CN(C)CC1CCC(NC(=O)NCCc2nn(C)c3ccccc23)CC1. The van der Waals surface area contributed by atoms with Gasteiger partial charge in [0.1, 0.15) is 0 Å². The summed E-state index contributed by atoms with van der Waals surface area (Å²) < 4.78 is 1.90. The number of nitrogens with one attached hydrogen (secondary N) is 2. The fourth-order valence-corrected chi connectivity index (χ4v) is 4.01. The van der Waals surface area contributed by atoms with Crippen LogP contribution in [0.1, 0.15) is 31.4 Å². The molecule has 2 amide bonds. The number of fused-ring (bicyclic) bond motifs is 1. The molecule has 1 aliphatic carbocycles. The fourth-order valence-electron chi connectivity index (χ4n) is 4.01. The van der Waals surface area contributed by atoms with E-state index >= 15 is 0 Å². The minimum atomic E-state index is -0.0544. The van der Waals surface area contributed by atoms with E-state index in [0.29, 0.717) is 12.6 Å². The van der Waals surface area contributed by atoms with Gasteiger partial charge in [-0.1, -0.05) is 18.2 Å². The Balaban J connectivity index is 1.41. The number of nitrogens with zero attached hydrogens (tertiary/aromatic N) is 3. The zero-order valence-corrected chi connectivity index (χ0v) is 16.2. The molecule has 2 aromatic rings. The first-order chi connectivity index (χ1) is 12.5. The molecule has 0 saturated heterocycles. The van der Waals surface area contributed by atoms with E-state index in [0.717, 1.165) is 48.3 Å². The van der Waals surface area contributed by atoms with Crippen molar-refractivity contribution in [2.75, 3.05) is 27.2 Å². The Labute approximate surface area is 155 Å². The Morgan fingerprint density at radius 2 is 1.96 bits per heavy atom. The zero-order chi connectivity index (χ0) is 18.5. The van der Waals surface area contributed by atoms with Crippen molar-refractivity contribution in [1.82, 2.24) is 25.3 Å². The minimum Gasteiger partial charge on any atom is -0.338 e. The molecule has 0 unspecified atom stereocenters. The van der Waals surface area contributed by atoms with Crippen molar-refractivity contribution in [1.29, 1.82) is 0 Å². The Hall–Kier alpha value is -2.08. The molecule has 1 aromatic carbocycles. The first kappa shape index (κ1) is 18.7. The first-order valence-electron chi connectivity index (χ1n) is 9.62. The molecule has 1 saturated carbocycles. The Bertz CT molecular complexity index is 731. The molecule has 0 atom stereocenters. The Kier molecular flexibility index (Phi) is 6.14. The minimum absolute atomic E-state index is 0.0544. The Morgan fingerprint density at radius 3 is 2.69 bits per heavy atom. The van der Waals surface area contributed by atoms with E-state index in [1.807, 2.05) is 23.9 Å². The number of para-hydroxylation sites is 1. The van der Waals surface area contributed by atoms with Crippen LogP contribution in [0, 0.1) is 5.92 Å². The summed E-state index contributed by atoms with van der Waals surface area (Å²) in [6.45, 7) is 1.75. The molecule has 142 valence electrons. The molecule has 3 rings (SSSR count). The van der Waals surface area contributed by atoms with Crippen LogP contribution in [-0.4, -0.2) is 53.9 Å². The van der Waals surface area contributed by atoms with Crippen molar-refractivity contribution < 1.29 is 4.79 Å². The van der Waals surface area contributed by atoms with E-state index in [1.165, 1.54) is 12.8 Å². The van der Waals surface area contributed by atoms with Gasteiger partial charge < -0.3 is 15.5 Å². The topological polar surface area (TPSA) is 62.2 Å². The van der Waals surface area contributed by atoms with E-state index in [1.54, 1.807) is 0 Å². The zero-order valence-electron chi connectivity index (χ0n) is 16.2. The highest BCUT2D eigenvalue weighted by atomic mass is 16.2. The maximum atomic E-state index is 12.2. The third kappa shape index (κ3) is 4.75. The highest BCUT2D eigenvalue weighted by Gasteiger charge is 2.22. The summed E-state index contributed by atoms with van der Waals surface area (Å²) in [4.78, 5) is 14.4. The molecule has 1 fully saturated rings. The van der Waals surface area contributed by atoms with Gasteiger partial charge in [0.15, 0.2) is 0 Å². The lowest BCUT2D eigenvalue weighted by Crippen LogP contribution is -2.44. The van der Waals surface area contributed by atoms with Crippen LogP contribution in [-0.2, 0) is 13.5 Å². The van der Waals surface area contributed by atoms with Gasteiger partial charge in [0.25, 0.3) is 0 Å². The molecule has 2 N–H and O–H groups in total. The molecule has 1 aromatic heterocycles. The largest absolute Gasteiger partial charge is 0.338 e. The van der Waals surface area contributed by atoms with Crippen molar-refractivity contribution in [2.24, 2.45) is 13.0 Å². The number of hydrogen-bond acceptors (Lipinski definition) is 3. The summed E-state index contributed by atoms with van der Waals surface area (Å²) in [5, 5.41) is 11.9. The summed E-state index contributed by atoms with van der Waals surface area (Å²) in [6.07, 6.45) is 5.30. The maximum Gasteiger partial charge on any atom is 0.315 e. The summed E-state index contributed by atoms with van der Waals surface area (Å²) >= 11 is 0. The second kappa shape index (κ2) is 8.54. The molecule has 26 heavy (non-hydrogen) atoms. The average molecular weight is 358 g/mol. The molecule has 0 aliphatic heterocycles. The van der Waals surface area contributed by atoms with Crippen LogP contribution >= 0.6 is 0 Å². The van der Waals surface area contributed by atoms with Gasteiger partial charge in [0.2, 0.25) is 0 Å². The number of rotatable bonds is 6. The summed E-state index contributed by atoms with van der Waals surface area (Å²) in [7, 11) is 6.21. The average Bonchev–Trinajstić information content (AvgIpc) is 2.93. The van der Waals surface area contributed by atoms with Gasteiger partial charge in [-0.2, -0.15) is 5.10 Å². The lowest BCUT2D eigenvalue weighted by Gasteiger charge is -2.30. The molecule has 0 radical (unpaired) electrons. The third-order valence-electron chi connectivity index (χ3n) is 5.29. The summed E-state index contributed by atoms with van der Waals surface area (Å²) in [5.74, 6) is 0.767. The lowest BCUT2D eigenvalue weighted by atomic mass is 9.86. The molecular formula is C20H31N5O. The monoisotopic (exact) mass is 357 g/mol. The number of aromatic nitrogens is 2. The molecule has 0 bridgehead atoms. The number of hydrogen-bond donors (Lipinski definition) is 2. The summed E-state index contributed by atoms with van der Waals surface area (Å²) in [5.41, 5.74) is 2.16.